The summed E-state index contributed by atoms with van der Waals surface area (Å²) in [5.74, 6) is 0.806. The summed E-state index contributed by atoms with van der Waals surface area (Å²) in [4.78, 5) is 4.39. The summed E-state index contributed by atoms with van der Waals surface area (Å²) in [7, 11) is 0. The topological polar surface area (TPSA) is 53.7 Å². The highest BCUT2D eigenvalue weighted by Gasteiger charge is 2.11. The molecule has 0 bridgehead atoms. The van der Waals surface area contributed by atoms with Crippen molar-refractivity contribution in [1.29, 1.82) is 5.41 Å². The molecular formula is C13H14N4. The summed E-state index contributed by atoms with van der Waals surface area (Å²) in [6.45, 7) is 1.81. The van der Waals surface area contributed by atoms with E-state index in [2.05, 4.69) is 10.3 Å². The lowest BCUT2D eigenvalue weighted by atomic mass is 10.1. The number of rotatable bonds is 1. The molecule has 3 rings (SSSR count). The van der Waals surface area contributed by atoms with Gasteiger partial charge in [0, 0.05) is 24.8 Å². The standard InChI is InChI=1S/C13H14N4/c14-12-11(10-5-2-1-3-6-10)9-16-13-15-7-4-8-17(12)13/h1-3,5-6,9,14H,4,7-8H2,(H,15,16). The van der Waals surface area contributed by atoms with Crippen LogP contribution in [0.2, 0.25) is 0 Å². The van der Waals surface area contributed by atoms with Gasteiger partial charge in [-0.3, -0.25) is 9.98 Å². The van der Waals surface area contributed by atoms with Crippen LogP contribution in [0.1, 0.15) is 6.42 Å². The Hall–Kier alpha value is -2.10. The summed E-state index contributed by atoms with van der Waals surface area (Å²) in [5, 5.41) is 11.5. The molecule has 17 heavy (non-hydrogen) atoms. The van der Waals surface area contributed by atoms with Crippen LogP contribution in [0.4, 0.5) is 5.95 Å². The van der Waals surface area contributed by atoms with Crippen molar-refractivity contribution in [3.05, 3.63) is 42.0 Å². The molecule has 0 fully saturated rings. The molecule has 4 heteroatoms. The van der Waals surface area contributed by atoms with Gasteiger partial charge in [0.15, 0.2) is 0 Å². The first-order valence-corrected chi connectivity index (χ1v) is 5.80. The lowest BCUT2D eigenvalue weighted by Gasteiger charge is -2.20. The predicted octanol–water partition coefficient (Wildman–Crippen LogP) is 1.85. The molecule has 2 aromatic rings. The Labute approximate surface area is 99.5 Å². The van der Waals surface area contributed by atoms with Crippen molar-refractivity contribution in [2.45, 2.75) is 13.0 Å². The maximum atomic E-state index is 8.25. The zero-order valence-electron chi connectivity index (χ0n) is 9.48. The quantitative estimate of drug-likeness (QED) is 0.779. The van der Waals surface area contributed by atoms with Gasteiger partial charge in [0.2, 0.25) is 5.95 Å². The molecule has 0 aliphatic carbocycles. The van der Waals surface area contributed by atoms with E-state index in [9.17, 15) is 0 Å². The molecule has 4 nitrogen and oxygen atoms in total. The Balaban J connectivity index is 2.17. The van der Waals surface area contributed by atoms with E-state index in [0.29, 0.717) is 5.49 Å². The zero-order valence-corrected chi connectivity index (χ0v) is 9.48. The molecular weight excluding hydrogens is 212 g/mol. The van der Waals surface area contributed by atoms with E-state index < -0.39 is 0 Å². The fraction of sp³-hybridized carbons (Fsp3) is 0.231. The lowest BCUT2D eigenvalue weighted by molar-refractivity contribution is 0.585. The van der Waals surface area contributed by atoms with Crippen LogP contribution in [-0.4, -0.2) is 16.1 Å². The van der Waals surface area contributed by atoms with Crippen molar-refractivity contribution in [3.63, 3.8) is 0 Å². The van der Waals surface area contributed by atoms with Gasteiger partial charge in [-0.05, 0) is 12.0 Å². The number of nitrogens with zero attached hydrogens (tertiary/aromatic N) is 2. The highest BCUT2D eigenvalue weighted by Crippen LogP contribution is 2.16. The molecule has 2 N–H and O–H groups in total. The van der Waals surface area contributed by atoms with Gasteiger partial charge in [0.05, 0.1) is 0 Å². The minimum Gasteiger partial charge on any atom is -0.356 e. The average Bonchev–Trinajstić information content (AvgIpc) is 2.40. The van der Waals surface area contributed by atoms with Crippen LogP contribution in [0, 0.1) is 5.41 Å². The van der Waals surface area contributed by atoms with Crippen molar-refractivity contribution in [2.75, 3.05) is 11.9 Å². The minimum atomic E-state index is 0.536. The number of aromatic nitrogens is 2. The monoisotopic (exact) mass is 226 g/mol. The second-order valence-corrected chi connectivity index (χ2v) is 4.14. The maximum absolute atomic E-state index is 8.25. The van der Waals surface area contributed by atoms with Crippen LogP contribution in [0.25, 0.3) is 11.1 Å². The first-order valence-electron chi connectivity index (χ1n) is 5.80. The van der Waals surface area contributed by atoms with Gasteiger partial charge in [0.25, 0.3) is 0 Å². The Morgan fingerprint density at radius 1 is 1.24 bits per heavy atom. The van der Waals surface area contributed by atoms with E-state index in [0.717, 1.165) is 36.6 Å². The molecule has 0 radical (unpaired) electrons. The third-order valence-electron chi connectivity index (χ3n) is 3.02. The molecule has 0 spiro atoms. The minimum absolute atomic E-state index is 0.536. The van der Waals surface area contributed by atoms with Gasteiger partial charge in [-0.15, -0.1) is 0 Å². The highest BCUT2D eigenvalue weighted by molar-refractivity contribution is 5.61. The van der Waals surface area contributed by atoms with Crippen LogP contribution < -0.4 is 10.8 Å². The van der Waals surface area contributed by atoms with Crippen LogP contribution in [0.15, 0.2) is 36.5 Å². The van der Waals surface area contributed by atoms with Crippen molar-refractivity contribution < 1.29 is 0 Å². The SMILES string of the molecule is N=c1c(-c2ccccc2)cnc2n1CCCN2. The molecule has 0 saturated heterocycles. The normalized spacial score (nSPS) is 13.9. The highest BCUT2D eigenvalue weighted by atomic mass is 15.2. The predicted molar refractivity (Wildman–Crippen MR) is 66.6 cm³/mol. The third-order valence-corrected chi connectivity index (χ3v) is 3.02. The second-order valence-electron chi connectivity index (χ2n) is 4.14. The number of nitrogens with one attached hydrogen (secondary N) is 2. The third kappa shape index (κ3) is 1.71. The zero-order chi connectivity index (χ0) is 11.7. The van der Waals surface area contributed by atoms with Crippen molar-refractivity contribution in [1.82, 2.24) is 9.55 Å². The van der Waals surface area contributed by atoms with E-state index >= 15 is 0 Å². The summed E-state index contributed by atoms with van der Waals surface area (Å²) < 4.78 is 1.94. The molecule has 1 aromatic heterocycles. The van der Waals surface area contributed by atoms with Gasteiger partial charge < -0.3 is 5.32 Å². The van der Waals surface area contributed by atoms with Crippen molar-refractivity contribution in [2.24, 2.45) is 0 Å². The van der Waals surface area contributed by atoms with Crippen molar-refractivity contribution >= 4 is 5.95 Å². The molecule has 0 atom stereocenters. The van der Waals surface area contributed by atoms with E-state index in [1.54, 1.807) is 6.20 Å². The first-order chi connectivity index (χ1) is 8.36. The molecule has 1 aromatic carbocycles. The van der Waals surface area contributed by atoms with Crippen LogP contribution in [0.3, 0.4) is 0 Å². The Morgan fingerprint density at radius 3 is 2.88 bits per heavy atom. The molecule has 1 aliphatic rings. The van der Waals surface area contributed by atoms with Crippen LogP contribution >= 0.6 is 0 Å². The molecule has 0 unspecified atom stereocenters. The largest absolute Gasteiger partial charge is 0.356 e. The molecule has 86 valence electrons. The van der Waals surface area contributed by atoms with E-state index in [1.165, 1.54) is 0 Å². The lowest BCUT2D eigenvalue weighted by Crippen LogP contribution is -2.30. The molecule has 0 amide bonds. The van der Waals surface area contributed by atoms with E-state index in [4.69, 9.17) is 5.41 Å². The summed E-state index contributed by atoms with van der Waals surface area (Å²) >= 11 is 0. The molecule has 0 saturated carbocycles. The van der Waals surface area contributed by atoms with Gasteiger partial charge in [-0.2, -0.15) is 0 Å². The fourth-order valence-electron chi connectivity index (χ4n) is 2.13. The van der Waals surface area contributed by atoms with Crippen molar-refractivity contribution in [3.8, 4) is 11.1 Å². The second kappa shape index (κ2) is 4.05. The number of hydrogen-bond acceptors (Lipinski definition) is 3. The number of hydrogen-bond donors (Lipinski definition) is 2. The fourth-order valence-corrected chi connectivity index (χ4v) is 2.13. The summed E-state index contributed by atoms with van der Waals surface area (Å²) in [6.07, 6.45) is 2.82. The van der Waals surface area contributed by atoms with Crippen LogP contribution in [-0.2, 0) is 6.54 Å². The van der Waals surface area contributed by atoms with Crippen LogP contribution in [0.5, 0.6) is 0 Å². The first kappa shape index (κ1) is 10.1. The Bertz CT molecular complexity index is 586. The number of benzene rings is 1. The molecule has 1 aliphatic heterocycles. The number of anilines is 1. The summed E-state index contributed by atoms with van der Waals surface area (Å²) in [5.41, 5.74) is 2.47. The molecule has 2 heterocycles. The summed E-state index contributed by atoms with van der Waals surface area (Å²) in [6, 6.07) is 9.97. The van der Waals surface area contributed by atoms with E-state index in [-0.39, 0.29) is 0 Å². The van der Waals surface area contributed by atoms with Gasteiger partial charge in [0.1, 0.15) is 5.49 Å². The Morgan fingerprint density at radius 2 is 2.06 bits per heavy atom. The van der Waals surface area contributed by atoms with Gasteiger partial charge in [-0.1, -0.05) is 30.3 Å². The average molecular weight is 226 g/mol. The van der Waals surface area contributed by atoms with Gasteiger partial charge in [-0.25, -0.2) is 4.98 Å². The van der Waals surface area contributed by atoms with E-state index in [1.807, 2.05) is 34.9 Å². The Kier molecular flexibility index (Phi) is 2.40. The number of fused-ring (bicyclic) bond motifs is 1. The van der Waals surface area contributed by atoms with Gasteiger partial charge >= 0.3 is 0 Å². The smallest absolute Gasteiger partial charge is 0.204 e. The maximum Gasteiger partial charge on any atom is 0.204 e.